The Balaban J connectivity index is 2.07. The van der Waals surface area contributed by atoms with Gasteiger partial charge in [-0.1, -0.05) is 6.08 Å². The summed E-state index contributed by atoms with van der Waals surface area (Å²) < 4.78 is 51.7. The van der Waals surface area contributed by atoms with Gasteiger partial charge in [0.15, 0.2) is 5.75 Å². The summed E-state index contributed by atoms with van der Waals surface area (Å²) in [5.41, 5.74) is -0.0599. The number of rotatable bonds is 6. The first-order valence-electron chi connectivity index (χ1n) is 11.5. The second kappa shape index (κ2) is 9.63. The van der Waals surface area contributed by atoms with Crippen molar-refractivity contribution in [3.05, 3.63) is 48.3 Å². The number of fused-ring (bicyclic) bond motifs is 3. The molecule has 1 amide bonds. The van der Waals surface area contributed by atoms with Crippen LogP contribution in [0.3, 0.4) is 0 Å². The largest absolute Gasteiger partial charge is 0.443 e. The molecular weight excluding hydrogens is 515 g/mol. The zero-order valence-electron chi connectivity index (χ0n) is 21.8. The van der Waals surface area contributed by atoms with Gasteiger partial charge in [-0.3, -0.25) is 4.90 Å². The van der Waals surface area contributed by atoms with Crippen LogP contribution in [0.1, 0.15) is 32.2 Å². The van der Waals surface area contributed by atoms with Crippen molar-refractivity contribution in [3.8, 4) is 11.6 Å². The van der Waals surface area contributed by atoms with Crippen LogP contribution >= 0.6 is 0 Å². The highest BCUT2D eigenvalue weighted by Gasteiger charge is 2.28. The van der Waals surface area contributed by atoms with Crippen molar-refractivity contribution < 1.29 is 27.1 Å². The Hall–Kier alpha value is -4.13. The van der Waals surface area contributed by atoms with Gasteiger partial charge in [-0.25, -0.2) is 27.6 Å². The maximum Gasteiger partial charge on any atom is 0.414 e. The minimum absolute atomic E-state index is 0.0632. The smallest absolute Gasteiger partial charge is 0.414 e. The molecule has 0 aliphatic heterocycles. The van der Waals surface area contributed by atoms with Gasteiger partial charge in [-0.2, -0.15) is 9.97 Å². The van der Waals surface area contributed by atoms with Crippen molar-refractivity contribution in [1.82, 2.24) is 24.9 Å². The van der Waals surface area contributed by atoms with Gasteiger partial charge in [-0.05, 0) is 34.1 Å². The van der Waals surface area contributed by atoms with Crippen molar-refractivity contribution in [3.63, 3.8) is 0 Å². The van der Waals surface area contributed by atoms with E-state index < -0.39 is 32.5 Å². The van der Waals surface area contributed by atoms with Crippen LogP contribution in [0, 0.1) is 12.7 Å². The molecule has 200 valence electrons. The van der Waals surface area contributed by atoms with Crippen LogP contribution in [-0.2, 0) is 21.0 Å². The standard InChI is InChI=1S/C25H27FN6O5S/c1-8-9-15-16(26)10-17(32(6)24(33)37-25(3,4)5)20-18(15)19-21(29-20)30-23(38(7,34)35)31-22(19)36-14-11-27-13(2)28-12-14/h8,10-12H,1,9H2,2-7H3,(H,29,30,31). The van der Waals surface area contributed by atoms with E-state index in [0.29, 0.717) is 16.7 Å². The Morgan fingerprint density at radius 1 is 1.21 bits per heavy atom. The normalized spacial score (nSPS) is 12.1. The number of aromatic amines is 1. The summed E-state index contributed by atoms with van der Waals surface area (Å²) in [5, 5.41) is 0.00364. The van der Waals surface area contributed by atoms with Gasteiger partial charge in [0, 0.05) is 30.3 Å². The Bertz CT molecular complexity index is 1680. The van der Waals surface area contributed by atoms with Gasteiger partial charge >= 0.3 is 6.09 Å². The number of hydrogen-bond donors (Lipinski definition) is 1. The molecule has 3 aromatic heterocycles. The van der Waals surface area contributed by atoms with Crippen LogP contribution in [0.15, 0.2) is 36.3 Å². The highest BCUT2D eigenvalue weighted by Crippen LogP contribution is 2.41. The zero-order valence-corrected chi connectivity index (χ0v) is 22.6. The number of benzene rings is 1. The Labute approximate surface area is 218 Å². The SMILES string of the molecule is C=CCc1c(F)cc(N(C)C(=O)OC(C)(C)C)c2[nH]c3nc(S(C)(=O)=O)nc(Oc4cnc(C)nc4)c3c12. The van der Waals surface area contributed by atoms with E-state index in [-0.39, 0.29) is 40.3 Å². The van der Waals surface area contributed by atoms with Gasteiger partial charge in [0.2, 0.25) is 15.7 Å². The van der Waals surface area contributed by atoms with Crippen LogP contribution in [-0.4, -0.2) is 58.3 Å². The Kier molecular flexibility index (Phi) is 6.82. The van der Waals surface area contributed by atoms with E-state index in [1.54, 1.807) is 27.7 Å². The topological polar surface area (TPSA) is 140 Å². The fourth-order valence-electron chi connectivity index (χ4n) is 3.76. The van der Waals surface area contributed by atoms with E-state index in [0.717, 1.165) is 11.2 Å². The lowest BCUT2D eigenvalue weighted by molar-refractivity contribution is 0.0589. The molecule has 4 aromatic rings. The van der Waals surface area contributed by atoms with E-state index in [1.165, 1.54) is 31.6 Å². The molecule has 0 aliphatic carbocycles. The molecule has 0 atom stereocenters. The van der Waals surface area contributed by atoms with Crippen LogP contribution in [0.2, 0.25) is 0 Å². The number of halogens is 1. The number of nitrogens with zero attached hydrogens (tertiary/aromatic N) is 5. The molecule has 0 spiro atoms. The van der Waals surface area contributed by atoms with Gasteiger partial charge in [0.1, 0.15) is 22.9 Å². The maximum atomic E-state index is 15.6. The lowest BCUT2D eigenvalue weighted by Gasteiger charge is -2.25. The van der Waals surface area contributed by atoms with E-state index in [9.17, 15) is 13.2 Å². The van der Waals surface area contributed by atoms with Gasteiger partial charge in [-0.15, -0.1) is 6.58 Å². The van der Waals surface area contributed by atoms with Gasteiger partial charge in [0.05, 0.1) is 29.0 Å². The fraction of sp³-hybridized carbons (Fsp3) is 0.320. The minimum Gasteiger partial charge on any atom is -0.443 e. The number of hydrogen-bond acceptors (Lipinski definition) is 9. The van der Waals surface area contributed by atoms with Crippen molar-refractivity contribution in [2.24, 2.45) is 0 Å². The molecule has 38 heavy (non-hydrogen) atoms. The molecule has 3 heterocycles. The number of aryl methyl sites for hydroxylation is 1. The first-order valence-corrected chi connectivity index (χ1v) is 13.4. The molecule has 0 unspecified atom stereocenters. The van der Waals surface area contributed by atoms with E-state index in [4.69, 9.17) is 9.47 Å². The van der Waals surface area contributed by atoms with Crippen molar-refractivity contribution in [2.75, 3.05) is 18.2 Å². The molecule has 1 aromatic carbocycles. The summed E-state index contributed by atoms with van der Waals surface area (Å²) in [6.45, 7) is 10.6. The van der Waals surface area contributed by atoms with E-state index in [1.807, 2.05) is 0 Å². The van der Waals surface area contributed by atoms with Gasteiger partial charge < -0.3 is 14.5 Å². The maximum absolute atomic E-state index is 15.6. The molecule has 1 N–H and O–H groups in total. The molecular formula is C25H27FN6O5S. The number of ether oxygens (including phenoxy) is 2. The number of carbonyl (C=O) groups excluding carboxylic acids is 1. The number of sulfone groups is 1. The number of amides is 1. The van der Waals surface area contributed by atoms with Crippen molar-refractivity contribution in [1.29, 1.82) is 0 Å². The van der Waals surface area contributed by atoms with Crippen LogP contribution < -0.4 is 9.64 Å². The molecule has 0 bridgehead atoms. The molecule has 0 saturated carbocycles. The highest BCUT2D eigenvalue weighted by molar-refractivity contribution is 7.90. The summed E-state index contributed by atoms with van der Waals surface area (Å²) in [5.74, 6) is -0.104. The Morgan fingerprint density at radius 2 is 1.87 bits per heavy atom. The zero-order chi connectivity index (χ0) is 28.0. The summed E-state index contributed by atoms with van der Waals surface area (Å²) in [4.78, 5) is 33.6. The monoisotopic (exact) mass is 542 g/mol. The molecule has 0 aliphatic rings. The average molecular weight is 543 g/mol. The highest BCUT2D eigenvalue weighted by atomic mass is 32.2. The number of anilines is 1. The summed E-state index contributed by atoms with van der Waals surface area (Å²) in [6, 6.07) is 1.19. The van der Waals surface area contributed by atoms with E-state index in [2.05, 4.69) is 31.5 Å². The van der Waals surface area contributed by atoms with Crippen LogP contribution in [0.5, 0.6) is 11.6 Å². The van der Waals surface area contributed by atoms with Gasteiger partial charge in [0.25, 0.3) is 5.16 Å². The first-order chi connectivity index (χ1) is 17.7. The predicted molar refractivity (Wildman–Crippen MR) is 140 cm³/mol. The number of allylic oxidation sites excluding steroid dienone is 1. The Morgan fingerprint density at radius 3 is 2.45 bits per heavy atom. The third-order valence-corrected chi connectivity index (χ3v) is 6.23. The fourth-order valence-corrected chi connectivity index (χ4v) is 4.26. The van der Waals surface area contributed by atoms with Crippen LogP contribution in [0.4, 0.5) is 14.9 Å². The average Bonchev–Trinajstić information content (AvgIpc) is 3.20. The second-order valence-electron chi connectivity index (χ2n) is 9.64. The molecule has 0 saturated heterocycles. The predicted octanol–water partition coefficient (Wildman–Crippen LogP) is 4.64. The lowest BCUT2D eigenvalue weighted by atomic mass is 10.0. The molecule has 4 rings (SSSR count). The lowest BCUT2D eigenvalue weighted by Crippen LogP contribution is -2.34. The third-order valence-electron chi connectivity index (χ3n) is 5.39. The quantitative estimate of drug-likeness (QED) is 0.272. The number of nitrogens with one attached hydrogen (secondary N) is 1. The number of H-pyrrole nitrogens is 1. The molecule has 0 fully saturated rings. The second-order valence-corrected chi connectivity index (χ2v) is 11.5. The number of aromatic nitrogens is 5. The third kappa shape index (κ3) is 5.28. The first kappa shape index (κ1) is 26.9. The van der Waals surface area contributed by atoms with Crippen LogP contribution in [0.25, 0.3) is 21.9 Å². The van der Waals surface area contributed by atoms with E-state index >= 15 is 4.39 Å². The van der Waals surface area contributed by atoms with Crippen molar-refractivity contribution >= 4 is 43.6 Å². The number of carbonyl (C=O) groups is 1. The molecule has 0 radical (unpaired) electrons. The molecule has 11 nitrogen and oxygen atoms in total. The molecule has 13 heteroatoms. The van der Waals surface area contributed by atoms with Crippen molar-refractivity contribution in [2.45, 2.75) is 44.9 Å². The summed E-state index contributed by atoms with van der Waals surface area (Å²) in [6.07, 6.45) is 4.68. The summed E-state index contributed by atoms with van der Waals surface area (Å²) >= 11 is 0. The minimum atomic E-state index is -3.87. The summed E-state index contributed by atoms with van der Waals surface area (Å²) in [7, 11) is -2.43.